The Morgan fingerprint density at radius 1 is 1.32 bits per heavy atom. The van der Waals surface area contributed by atoms with E-state index in [0.29, 0.717) is 17.8 Å². The highest BCUT2D eigenvalue weighted by Gasteiger charge is 2.15. The van der Waals surface area contributed by atoms with E-state index in [2.05, 4.69) is 0 Å². The van der Waals surface area contributed by atoms with E-state index in [0.717, 1.165) is 11.1 Å². The van der Waals surface area contributed by atoms with Crippen LogP contribution in [0.2, 0.25) is 0 Å². The van der Waals surface area contributed by atoms with Gasteiger partial charge in [0.05, 0.1) is 6.54 Å². The first kappa shape index (κ1) is 13.6. The number of aryl methyl sites for hydroxylation is 2. The first-order valence-corrected chi connectivity index (χ1v) is 7.01. The summed E-state index contributed by atoms with van der Waals surface area (Å²) in [5, 5.41) is 2.02. The SMILES string of the molecule is Cc1cc(C)c(C(=O)N(C)Cc2cccs2)cc1N. The lowest BCUT2D eigenvalue weighted by molar-refractivity contribution is 0.0786. The minimum Gasteiger partial charge on any atom is -0.398 e. The van der Waals surface area contributed by atoms with Crippen LogP contribution in [0.15, 0.2) is 29.6 Å². The molecule has 2 rings (SSSR count). The van der Waals surface area contributed by atoms with Crippen LogP contribution >= 0.6 is 11.3 Å². The monoisotopic (exact) mass is 274 g/mol. The second kappa shape index (κ2) is 5.45. The highest BCUT2D eigenvalue weighted by molar-refractivity contribution is 7.09. The molecule has 1 amide bonds. The summed E-state index contributed by atoms with van der Waals surface area (Å²) in [5.41, 5.74) is 9.22. The fourth-order valence-corrected chi connectivity index (χ4v) is 2.77. The molecular weight excluding hydrogens is 256 g/mol. The maximum absolute atomic E-state index is 12.4. The summed E-state index contributed by atoms with van der Waals surface area (Å²) >= 11 is 1.66. The summed E-state index contributed by atoms with van der Waals surface area (Å²) < 4.78 is 0. The number of rotatable bonds is 3. The molecule has 1 aromatic heterocycles. The fraction of sp³-hybridized carbons (Fsp3) is 0.267. The molecule has 19 heavy (non-hydrogen) atoms. The topological polar surface area (TPSA) is 46.3 Å². The van der Waals surface area contributed by atoms with Gasteiger partial charge in [-0.2, -0.15) is 0 Å². The van der Waals surface area contributed by atoms with Gasteiger partial charge >= 0.3 is 0 Å². The Hall–Kier alpha value is -1.81. The number of nitrogens with two attached hydrogens (primary N) is 1. The maximum atomic E-state index is 12.4. The molecule has 0 fully saturated rings. The predicted octanol–water partition coefficient (Wildman–Crippen LogP) is 3.22. The zero-order chi connectivity index (χ0) is 14.0. The number of thiophene rings is 1. The Kier molecular flexibility index (Phi) is 3.90. The highest BCUT2D eigenvalue weighted by Crippen LogP contribution is 2.20. The van der Waals surface area contributed by atoms with Gasteiger partial charge in [-0.3, -0.25) is 4.79 Å². The molecule has 0 spiro atoms. The minimum absolute atomic E-state index is 0.0117. The maximum Gasteiger partial charge on any atom is 0.254 e. The molecule has 0 saturated carbocycles. The Balaban J connectivity index is 2.21. The Morgan fingerprint density at radius 3 is 2.68 bits per heavy atom. The lowest BCUT2D eigenvalue weighted by Crippen LogP contribution is -2.26. The van der Waals surface area contributed by atoms with E-state index >= 15 is 0 Å². The van der Waals surface area contributed by atoms with Crippen LogP contribution in [0.1, 0.15) is 26.4 Å². The van der Waals surface area contributed by atoms with Gasteiger partial charge in [-0.25, -0.2) is 0 Å². The molecule has 0 atom stereocenters. The van der Waals surface area contributed by atoms with Crippen molar-refractivity contribution in [2.75, 3.05) is 12.8 Å². The van der Waals surface area contributed by atoms with E-state index < -0.39 is 0 Å². The molecule has 2 N–H and O–H groups in total. The second-order valence-electron chi connectivity index (χ2n) is 4.76. The average Bonchev–Trinajstić information content (AvgIpc) is 2.85. The summed E-state index contributed by atoms with van der Waals surface area (Å²) in [6, 6.07) is 7.76. The number of hydrogen-bond donors (Lipinski definition) is 1. The summed E-state index contributed by atoms with van der Waals surface area (Å²) in [5.74, 6) is 0.0117. The zero-order valence-electron chi connectivity index (χ0n) is 11.4. The number of nitrogen functional groups attached to an aromatic ring is 1. The molecule has 0 aliphatic carbocycles. The van der Waals surface area contributed by atoms with Crippen LogP contribution in [0.25, 0.3) is 0 Å². The molecule has 0 aliphatic heterocycles. The van der Waals surface area contributed by atoms with Crippen molar-refractivity contribution >= 4 is 22.9 Å². The van der Waals surface area contributed by atoms with Gasteiger partial charge in [0, 0.05) is 23.2 Å². The molecule has 0 bridgehead atoms. The molecule has 3 nitrogen and oxygen atoms in total. The van der Waals surface area contributed by atoms with Crippen LogP contribution in [-0.2, 0) is 6.54 Å². The van der Waals surface area contributed by atoms with Crippen molar-refractivity contribution in [1.82, 2.24) is 4.90 Å². The van der Waals surface area contributed by atoms with Gasteiger partial charge in [0.25, 0.3) is 5.91 Å². The third-order valence-corrected chi connectivity index (χ3v) is 4.02. The van der Waals surface area contributed by atoms with E-state index in [1.165, 1.54) is 4.88 Å². The van der Waals surface area contributed by atoms with Crippen LogP contribution in [-0.4, -0.2) is 17.9 Å². The largest absolute Gasteiger partial charge is 0.398 e. The molecule has 0 saturated heterocycles. The lowest BCUT2D eigenvalue weighted by Gasteiger charge is -2.18. The first-order valence-electron chi connectivity index (χ1n) is 6.13. The molecule has 1 aromatic carbocycles. The van der Waals surface area contributed by atoms with Crippen LogP contribution in [0.4, 0.5) is 5.69 Å². The Morgan fingerprint density at radius 2 is 2.05 bits per heavy atom. The Labute approximate surface area is 117 Å². The van der Waals surface area contributed by atoms with Crippen molar-refractivity contribution in [3.05, 3.63) is 51.2 Å². The fourth-order valence-electron chi connectivity index (χ4n) is 2.01. The lowest BCUT2D eigenvalue weighted by atomic mass is 10.0. The van der Waals surface area contributed by atoms with Crippen molar-refractivity contribution in [3.63, 3.8) is 0 Å². The van der Waals surface area contributed by atoms with E-state index in [4.69, 9.17) is 5.73 Å². The Bertz CT molecular complexity index is 590. The molecule has 0 unspecified atom stereocenters. The van der Waals surface area contributed by atoms with E-state index in [9.17, 15) is 4.79 Å². The molecule has 0 radical (unpaired) electrons. The zero-order valence-corrected chi connectivity index (χ0v) is 12.3. The number of benzene rings is 1. The number of carbonyl (C=O) groups is 1. The third kappa shape index (κ3) is 2.96. The van der Waals surface area contributed by atoms with E-state index in [-0.39, 0.29) is 5.91 Å². The van der Waals surface area contributed by atoms with Crippen molar-refractivity contribution in [2.24, 2.45) is 0 Å². The molecule has 100 valence electrons. The molecule has 0 aliphatic rings. The van der Waals surface area contributed by atoms with E-state index in [1.807, 2.05) is 44.5 Å². The number of hydrogen-bond acceptors (Lipinski definition) is 3. The van der Waals surface area contributed by atoms with Crippen molar-refractivity contribution in [1.29, 1.82) is 0 Å². The van der Waals surface area contributed by atoms with Gasteiger partial charge in [-0.15, -0.1) is 11.3 Å². The van der Waals surface area contributed by atoms with Gasteiger partial charge < -0.3 is 10.6 Å². The highest BCUT2D eigenvalue weighted by atomic mass is 32.1. The quantitative estimate of drug-likeness (QED) is 0.874. The van der Waals surface area contributed by atoms with Gasteiger partial charge in [0.2, 0.25) is 0 Å². The predicted molar refractivity (Wildman–Crippen MR) is 80.4 cm³/mol. The molecule has 4 heteroatoms. The number of amides is 1. The second-order valence-corrected chi connectivity index (χ2v) is 5.80. The standard InChI is InChI=1S/C15H18N2OS/c1-10-7-11(2)14(16)8-13(10)15(18)17(3)9-12-5-4-6-19-12/h4-8H,9,16H2,1-3H3. The third-order valence-electron chi connectivity index (χ3n) is 3.16. The normalized spacial score (nSPS) is 10.5. The number of anilines is 1. The van der Waals surface area contributed by atoms with Crippen LogP contribution in [0.3, 0.4) is 0 Å². The first-order chi connectivity index (χ1) is 8.99. The molecule has 2 aromatic rings. The van der Waals surface area contributed by atoms with Crippen molar-refractivity contribution in [3.8, 4) is 0 Å². The van der Waals surface area contributed by atoms with Crippen LogP contribution in [0, 0.1) is 13.8 Å². The van der Waals surface area contributed by atoms with Crippen LogP contribution in [0.5, 0.6) is 0 Å². The van der Waals surface area contributed by atoms with Crippen molar-refractivity contribution in [2.45, 2.75) is 20.4 Å². The van der Waals surface area contributed by atoms with Gasteiger partial charge in [0.1, 0.15) is 0 Å². The summed E-state index contributed by atoms with van der Waals surface area (Å²) in [6.45, 7) is 4.52. The average molecular weight is 274 g/mol. The van der Waals surface area contributed by atoms with Gasteiger partial charge in [0.15, 0.2) is 0 Å². The van der Waals surface area contributed by atoms with Gasteiger partial charge in [-0.1, -0.05) is 12.1 Å². The summed E-state index contributed by atoms with van der Waals surface area (Å²) in [6.07, 6.45) is 0. The number of nitrogens with zero attached hydrogens (tertiary/aromatic N) is 1. The minimum atomic E-state index is 0.0117. The molecular formula is C15H18N2OS. The smallest absolute Gasteiger partial charge is 0.254 e. The summed E-state index contributed by atoms with van der Waals surface area (Å²) in [7, 11) is 1.82. The summed E-state index contributed by atoms with van der Waals surface area (Å²) in [4.78, 5) is 15.3. The van der Waals surface area contributed by atoms with Crippen LogP contribution < -0.4 is 5.73 Å². The van der Waals surface area contributed by atoms with E-state index in [1.54, 1.807) is 22.3 Å². The molecule has 1 heterocycles. The number of carbonyl (C=O) groups excluding carboxylic acids is 1. The van der Waals surface area contributed by atoms with Crippen molar-refractivity contribution < 1.29 is 4.79 Å². The van der Waals surface area contributed by atoms with Gasteiger partial charge in [-0.05, 0) is 42.5 Å².